The van der Waals surface area contributed by atoms with Gasteiger partial charge in [-0.25, -0.2) is 0 Å². The van der Waals surface area contributed by atoms with E-state index >= 15 is 0 Å². The predicted molar refractivity (Wildman–Crippen MR) is 85.0 cm³/mol. The van der Waals surface area contributed by atoms with E-state index in [1.165, 1.54) is 0 Å². The van der Waals surface area contributed by atoms with Crippen LogP contribution in [0.1, 0.15) is 26.7 Å². The van der Waals surface area contributed by atoms with E-state index in [0.29, 0.717) is 38.5 Å². The van der Waals surface area contributed by atoms with Crippen molar-refractivity contribution in [3.05, 3.63) is 0 Å². The van der Waals surface area contributed by atoms with Crippen LogP contribution >= 0.6 is 0 Å². The maximum Gasteiger partial charge on any atom is 0.0900 e. The first-order valence-corrected chi connectivity index (χ1v) is 8.56. The fraction of sp³-hybridized carbons (Fsp3) is 1.00. The lowest BCUT2D eigenvalue weighted by Crippen LogP contribution is -2.26. The Hall–Kier alpha value is -0.240. The average molecular weight is 316 g/mol. The van der Waals surface area contributed by atoms with Gasteiger partial charge in [-0.15, -0.1) is 0 Å². The molecule has 0 amide bonds. The summed E-state index contributed by atoms with van der Waals surface area (Å²) in [6, 6.07) is 1.25. The van der Waals surface area contributed by atoms with Crippen LogP contribution in [0.2, 0.25) is 0 Å². The Bertz CT molecular complexity index is 289. The van der Waals surface area contributed by atoms with E-state index in [4.69, 9.17) is 9.47 Å². The fourth-order valence-corrected chi connectivity index (χ4v) is 2.59. The topological polar surface area (TPSA) is 64.9 Å². The summed E-state index contributed by atoms with van der Waals surface area (Å²) < 4.78 is 10.9. The van der Waals surface area contributed by atoms with E-state index in [-0.39, 0.29) is 12.2 Å². The summed E-state index contributed by atoms with van der Waals surface area (Å²) in [6.45, 7) is 10.1. The van der Waals surface area contributed by atoms with Crippen molar-refractivity contribution in [3.8, 4) is 0 Å². The highest BCUT2D eigenvalue weighted by molar-refractivity contribution is 4.86. The fourth-order valence-electron chi connectivity index (χ4n) is 2.59. The van der Waals surface area contributed by atoms with E-state index in [1.54, 1.807) is 0 Å². The molecule has 0 bridgehead atoms. The van der Waals surface area contributed by atoms with Crippen molar-refractivity contribution in [1.29, 1.82) is 0 Å². The zero-order valence-electron chi connectivity index (χ0n) is 14.0. The highest BCUT2D eigenvalue weighted by Gasteiger charge is 2.31. The molecular formula is C16H32N2O4. The average Bonchev–Trinajstić information content (AvgIpc) is 3.34. The van der Waals surface area contributed by atoms with Gasteiger partial charge in [0.15, 0.2) is 0 Å². The van der Waals surface area contributed by atoms with Crippen LogP contribution < -0.4 is 0 Å². The maximum atomic E-state index is 9.75. The minimum Gasteiger partial charge on any atom is -0.389 e. The van der Waals surface area contributed by atoms with Gasteiger partial charge in [0, 0.05) is 51.5 Å². The summed E-state index contributed by atoms with van der Waals surface area (Å²) in [5.74, 6) is 0. The first-order chi connectivity index (χ1) is 10.6. The zero-order chi connectivity index (χ0) is 15.9. The van der Waals surface area contributed by atoms with Crippen LogP contribution in [-0.2, 0) is 9.47 Å². The van der Waals surface area contributed by atoms with Crippen LogP contribution in [0.5, 0.6) is 0 Å². The van der Waals surface area contributed by atoms with Gasteiger partial charge in [0.05, 0.1) is 25.4 Å². The highest BCUT2D eigenvalue weighted by atomic mass is 16.5. The van der Waals surface area contributed by atoms with E-state index in [2.05, 4.69) is 23.6 Å². The van der Waals surface area contributed by atoms with Gasteiger partial charge < -0.3 is 19.7 Å². The molecule has 2 unspecified atom stereocenters. The summed E-state index contributed by atoms with van der Waals surface area (Å²) in [4.78, 5) is 4.46. The Balaban J connectivity index is 1.31. The molecule has 130 valence electrons. The van der Waals surface area contributed by atoms with Crippen molar-refractivity contribution in [1.82, 2.24) is 9.80 Å². The SMILES string of the molecule is C[C@@H]1CN1C[C@H](O)COCCCCOC[C@H](O)CN1C[C@@H]1C. The lowest BCUT2D eigenvalue weighted by molar-refractivity contribution is 0.0150. The number of unbranched alkanes of at least 4 members (excludes halogenated alkanes) is 1. The Morgan fingerprint density at radius 2 is 1.23 bits per heavy atom. The predicted octanol–water partition coefficient (Wildman–Crippen LogP) is -0.0702. The maximum absolute atomic E-state index is 9.75. The summed E-state index contributed by atoms with van der Waals surface area (Å²) >= 11 is 0. The number of hydrogen-bond acceptors (Lipinski definition) is 6. The van der Waals surface area contributed by atoms with Gasteiger partial charge in [-0.2, -0.15) is 0 Å². The number of nitrogens with zero attached hydrogens (tertiary/aromatic N) is 2. The Labute approximate surface area is 134 Å². The van der Waals surface area contributed by atoms with Crippen molar-refractivity contribution >= 4 is 0 Å². The van der Waals surface area contributed by atoms with Crippen LogP contribution in [-0.4, -0.2) is 96.9 Å². The highest BCUT2D eigenvalue weighted by Crippen LogP contribution is 2.16. The van der Waals surface area contributed by atoms with Crippen molar-refractivity contribution in [3.63, 3.8) is 0 Å². The molecule has 2 saturated heterocycles. The van der Waals surface area contributed by atoms with Crippen molar-refractivity contribution in [2.24, 2.45) is 0 Å². The largest absolute Gasteiger partial charge is 0.389 e. The summed E-state index contributed by atoms with van der Waals surface area (Å²) in [5, 5.41) is 19.5. The van der Waals surface area contributed by atoms with Crippen LogP contribution in [0.3, 0.4) is 0 Å². The third-order valence-corrected chi connectivity index (χ3v) is 4.32. The molecule has 2 aliphatic heterocycles. The van der Waals surface area contributed by atoms with Crippen LogP contribution in [0.25, 0.3) is 0 Å². The van der Waals surface area contributed by atoms with E-state index in [0.717, 1.165) is 39.0 Å². The third kappa shape index (κ3) is 7.35. The molecule has 0 spiro atoms. The van der Waals surface area contributed by atoms with Gasteiger partial charge in [-0.3, -0.25) is 9.80 Å². The van der Waals surface area contributed by atoms with Gasteiger partial charge in [-0.05, 0) is 26.7 Å². The van der Waals surface area contributed by atoms with Gasteiger partial charge in [-0.1, -0.05) is 0 Å². The molecule has 2 heterocycles. The molecule has 0 aromatic rings. The van der Waals surface area contributed by atoms with Crippen molar-refractivity contribution < 1.29 is 19.7 Å². The second-order valence-electron chi connectivity index (χ2n) is 6.77. The molecule has 2 rings (SSSR count). The number of aliphatic hydroxyl groups is 2. The molecular weight excluding hydrogens is 284 g/mol. The molecule has 22 heavy (non-hydrogen) atoms. The number of aliphatic hydroxyl groups excluding tert-OH is 2. The number of rotatable bonds is 13. The first kappa shape index (κ1) is 18.1. The standard InChI is InChI=1S/C16H32N2O4/c1-13-7-17(13)9-15(19)11-21-5-3-4-6-22-12-16(20)10-18-8-14(18)2/h13-16,19-20H,3-12H2,1-2H3/t13-,14+,15+,16-,17?,18?. The van der Waals surface area contributed by atoms with E-state index < -0.39 is 0 Å². The zero-order valence-corrected chi connectivity index (χ0v) is 14.0. The summed E-state index contributed by atoms with van der Waals surface area (Å²) in [6.07, 6.45) is 1.09. The van der Waals surface area contributed by atoms with Crippen molar-refractivity contribution in [2.45, 2.75) is 51.0 Å². The molecule has 6 heteroatoms. The Morgan fingerprint density at radius 3 is 1.55 bits per heavy atom. The molecule has 6 atom stereocenters. The number of ether oxygens (including phenoxy) is 2. The van der Waals surface area contributed by atoms with Crippen LogP contribution in [0.4, 0.5) is 0 Å². The van der Waals surface area contributed by atoms with Crippen molar-refractivity contribution in [2.75, 3.05) is 52.6 Å². The van der Waals surface area contributed by atoms with Gasteiger partial charge in [0.1, 0.15) is 0 Å². The molecule has 0 aromatic heterocycles. The molecule has 0 radical (unpaired) electrons. The van der Waals surface area contributed by atoms with Gasteiger partial charge >= 0.3 is 0 Å². The minimum atomic E-state index is -0.379. The molecule has 2 fully saturated rings. The molecule has 0 aromatic carbocycles. The lowest BCUT2D eigenvalue weighted by atomic mass is 10.3. The summed E-state index contributed by atoms with van der Waals surface area (Å²) in [5.41, 5.74) is 0. The van der Waals surface area contributed by atoms with E-state index in [1.807, 2.05) is 0 Å². The van der Waals surface area contributed by atoms with Gasteiger partial charge in [0.25, 0.3) is 0 Å². The quantitative estimate of drug-likeness (QED) is 0.366. The normalized spacial score (nSPS) is 32.7. The Morgan fingerprint density at radius 1 is 0.864 bits per heavy atom. The third-order valence-electron chi connectivity index (χ3n) is 4.32. The Kier molecular flexibility index (Phi) is 7.53. The molecule has 0 aliphatic carbocycles. The molecule has 2 aliphatic rings. The monoisotopic (exact) mass is 316 g/mol. The smallest absolute Gasteiger partial charge is 0.0900 e. The van der Waals surface area contributed by atoms with Crippen LogP contribution in [0, 0.1) is 0 Å². The lowest BCUT2D eigenvalue weighted by Gasteiger charge is -2.13. The second-order valence-corrected chi connectivity index (χ2v) is 6.77. The molecule has 2 N–H and O–H groups in total. The number of hydrogen-bond donors (Lipinski definition) is 2. The first-order valence-electron chi connectivity index (χ1n) is 8.56. The minimum absolute atomic E-state index is 0.379. The molecule has 0 saturated carbocycles. The number of β-amino-alcohol motifs (C(OH)–C–C–N with tert-alkyl or cyclic N) is 2. The molecule has 6 nitrogen and oxygen atoms in total. The van der Waals surface area contributed by atoms with E-state index in [9.17, 15) is 10.2 Å². The van der Waals surface area contributed by atoms with Gasteiger partial charge in [0.2, 0.25) is 0 Å². The van der Waals surface area contributed by atoms with Crippen LogP contribution in [0.15, 0.2) is 0 Å². The summed E-state index contributed by atoms with van der Waals surface area (Å²) in [7, 11) is 0. The second kappa shape index (κ2) is 9.15.